The summed E-state index contributed by atoms with van der Waals surface area (Å²) in [5.41, 5.74) is 3.52. The largest absolute Gasteiger partial charge is 0.256 e. The van der Waals surface area contributed by atoms with E-state index in [1.807, 2.05) is 24.4 Å². The standard InChI is InChI=1S/C16H13N/c1-12-6-5-9-13-10-11-17-16(15(12)13)14-7-3-2-4-8-14/h2-11H,1H3. The molecular formula is C16H13N. The van der Waals surface area contributed by atoms with E-state index in [0.717, 1.165) is 5.69 Å². The maximum absolute atomic E-state index is 4.54. The predicted octanol–water partition coefficient (Wildman–Crippen LogP) is 4.21. The summed E-state index contributed by atoms with van der Waals surface area (Å²) in [4.78, 5) is 4.54. The average molecular weight is 219 g/mol. The summed E-state index contributed by atoms with van der Waals surface area (Å²) in [5, 5.41) is 2.50. The van der Waals surface area contributed by atoms with Crippen LogP contribution in [0.1, 0.15) is 5.56 Å². The zero-order chi connectivity index (χ0) is 11.7. The van der Waals surface area contributed by atoms with Crippen LogP contribution < -0.4 is 0 Å². The van der Waals surface area contributed by atoms with Crippen molar-refractivity contribution < 1.29 is 0 Å². The Morgan fingerprint density at radius 3 is 2.47 bits per heavy atom. The van der Waals surface area contributed by atoms with Gasteiger partial charge in [0.05, 0.1) is 5.69 Å². The maximum atomic E-state index is 4.54. The topological polar surface area (TPSA) is 12.9 Å². The lowest BCUT2D eigenvalue weighted by Gasteiger charge is -2.08. The third-order valence-corrected chi connectivity index (χ3v) is 3.05. The van der Waals surface area contributed by atoms with Gasteiger partial charge >= 0.3 is 0 Å². The minimum absolute atomic E-state index is 1.07. The molecule has 1 aromatic heterocycles. The number of rotatable bonds is 1. The Labute approximate surface area is 101 Å². The first-order valence-corrected chi connectivity index (χ1v) is 5.76. The molecule has 82 valence electrons. The number of pyridine rings is 1. The first kappa shape index (κ1) is 10.0. The van der Waals surface area contributed by atoms with Crippen LogP contribution in [0.3, 0.4) is 0 Å². The highest BCUT2D eigenvalue weighted by Crippen LogP contribution is 2.28. The quantitative estimate of drug-likeness (QED) is 0.597. The van der Waals surface area contributed by atoms with Gasteiger partial charge in [0.2, 0.25) is 0 Å². The minimum atomic E-state index is 1.07. The molecule has 0 saturated carbocycles. The van der Waals surface area contributed by atoms with Crippen molar-refractivity contribution in [3.8, 4) is 11.3 Å². The Morgan fingerprint density at radius 2 is 1.65 bits per heavy atom. The zero-order valence-electron chi connectivity index (χ0n) is 9.72. The Kier molecular flexibility index (Phi) is 2.37. The highest BCUT2D eigenvalue weighted by Gasteiger charge is 2.06. The molecule has 17 heavy (non-hydrogen) atoms. The molecule has 0 fully saturated rings. The second kappa shape index (κ2) is 4.02. The van der Waals surface area contributed by atoms with Crippen molar-refractivity contribution >= 4 is 10.8 Å². The Bertz CT molecular complexity index is 651. The molecule has 0 aliphatic carbocycles. The summed E-state index contributed by atoms with van der Waals surface area (Å²) in [5.74, 6) is 0. The summed E-state index contributed by atoms with van der Waals surface area (Å²) in [6.45, 7) is 2.14. The molecule has 2 aromatic carbocycles. The molecule has 1 nitrogen and oxygen atoms in total. The van der Waals surface area contributed by atoms with Crippen LogP contribution in [0.4, 0.5) is 0 Å². The van der Waals surface area contributed by atoms with Crippen molar-refractivity contribution in [1.82, 2.24) is 4.98 Å². The van der Waals surface area contributed by atoms with E-state index in [1.54, 1.807) is 0 Å². The zero-order valence-corrected chi connectivity index (χ0v) is 9.72. The first-order chi connectivity index (χ1) is 8.36. The highest BCUT2D eigenvalue weighted by molar-refractivity contribution is 5.96. The van der Waals surface area contributed by atoms with Crippen LogP contribution in [0.15, 0.2) is 60.8 Å². The molecule has 0 unspecified atom stereocenters. The molecule has 0 saturated heterocycles. The lowest BCUT2D eigenvalue weighted by atomic mass is 10.0. The predicted molar refractivity (Wildman–Crippen MR) is 71.9 cm³/mol. The van der Waals surface area contributed by atoms with E-state index in [1.165, 1.54) is 21.9 Å². The van der Waals surface area contributed by atoms with Crippen molar-refractivity contribution in [2.45, 2.75) is 6.92 Å². The van der Waals surface area contributed by atoms with Gasteiger partial charge in [-0.05, 0) is 23.9 Å². The molecule has 1 heterocycles. The maximum Gasteiger partial charge on any atom is 0.0782 e. The van der Waals surface area contributed by atoms with Crippen LogP contribution in [-0.2, 0) is 0 Å². The molecule has 3 aromatic rings. The van der Waals surface area contributed by atoms with Crippen LogP contribution >= 0.6 is 0 Å². The van der Waals surface area contributed by atoms with Gasteiger partial charge in [-0.2, -0.15) is 0 Å². The van der Waals surface area contributed by atoms with E-state index in [-0.39, 0.29) is 0 Å². The SMILES string of the molecule is Cc1cccc2ccnc(-c3ccccc3)c12. The summed E-state index contributed by atoms with van der Waals surface area (Å²) >= 11 is 0. The summed E-state index contributed by atoms with van der Waals surface area (Å²) in [7, 11) is 0. The van der Waals surface area contributed by atoms with Gasteiger partial charge in [-0.1, -0.05) is 48.5 Å². The van der Waals surface area contributed by atoms with Gasteiger partial charge in [-0.15, -0.1) is 0 Å². The number of hydrogen-bond donors (Lipinski definition) is 0. The third kappa shape index (κ3) is 1.70. The van der Waals surface area contributed by atoms with Crippen LogP contribution in [0.5, 0.6) is 0 Å². The van der Waals surface area contributed by atoms with Gasteiger partial charge < -0.3 is 0 Å². The first-order valence-electron chi connectivity index (χ1n) is 5.76. The van der Waals surface area contributed by atoms with Gasteiger partial charge in [-0.25, -0.2) is 0 Å². The van der Waals surface area contributed by atoms with Gasteiger partial charge in [0.25, 0.3) is 0 Å². The smallest absolute Gasteiger partial charge is 0.0782 e. The number of fused-ring (bicyclic) bond motifs is 1. The van der Waals surface area contributed by atoms with Crippen LogP contribution in [0.2, 0.25) is 0 Å². The van der Waals surface area contributed by atoms with E-state index in [0.29, 0.717) is 0 Å². The van der Waals surface area contributed by atoms with E-state index >= 15 is 0 Å². The average Bonchev–Trinajstić information content (AvgIpc) is 2.39. The fourth-order valence-corrected chi connectivity index (χ4v) is 2.22. The molecule has 3 rings (SSSR count). The molecule has 0 amide bonds. The minimum Gasteiger partial charge on any atom is -0.256 e. The fraction of sp³-hybridized carbons (Fsp3) is 0.0625. The van der Waals surface area contributed by atoms with Crippen LogP contribution in [0.25, 0.3) is 22.0 Å². The Morgan fingerprint density at radius 1 is 0.824 bits per heavy atom. The molecule has 0 spiro atoms. The highest BCUT2D eigenvalue weighted by atomic mass is 14.7. The lowest BCUT2D eigenvalue weighted by Crippen LogP contribution is -1.88. The number of aryl methyl sites for hydroxylation is 1. The van der Waals surface area contributed by atoms with Crippen molar-refractivity contribution in [1.29, 1.82) is 0 Å². The molecule has 1 heteroatoms. The molecule has 0 radical (unpaired) electrons. The molecule has 0 bridgehead atoms. The number of nitrogens with zero attached hydrogens (tertiary/aromatic N) is 1. The second-order valence-corrected chi connectivity index (χ2v) is 4.20. The lowest BCUT2D eigenvalue weighted by molar-refractivity contribution is 1.34. The Balaban J connectivity index is 2.38. The van der Waals surface area contributed by atoms with E-state index in [2.05, 4.69) is 48.3 Å². The molecule has 0 N–H and O–H groups in total. The van der Waals surface area contributed by atoms with E-state index in [4.69, 9.17) is 0 Å². The monoisotopic (exact) mass is 219 g/mol. The van der Waals surface area contributed by atoms with Crippen LogP contribution in [-0.4, -0.2) is 4.98 Å². The molecule has 0 aliphatic rings. The molecule has 0 atom stereocenters. The van der Waals surface area contributed by atoms with Crippen molar-refractivity contribution in [3.05, 3.63) is 66.4 Å². The number of benzene rings is 2. The fourth-order valence-electron chi connectivity index (χ4n) is 2.22. The van der Waals surface area contributed by atoms with E-state index < -0.39 is 0 Å². The van der Waals surface area contributed by atoms with Gasteiger partial charge in [0.15, 0.2) is 0 Å². The summed E-state index contributed by atoms with van der Waals surface area (Å²) < 4.78 is 0. The van der Waals surface area contributed by atoms with Gasteiger partial charge in [0, 0.05) is 17.1 Å². The molecular weight excluding hydrogens is 206 g/mol. The second-order valence-electron chi connectivity index (χ2n) is 4.20. The summed E-state index contributed by atoms with van der Waals surface area (Å²) in [6.07, 6.45) is 1.88. The number of hydrogen-bond acceptors (Lipinski definition) is 1. The third-order valence-electron chi connectivity index (χ3n) is 3.05. The normalized spacial score (nSPS) is 10.6. The summed E-state index contributed by atoms with van der Waals surface area (Å²) in [6, 6.07) is 18.8. The van der Waals surface area contributed by atoms with Gasteiger partial charge in [-0.3, -0.25) is 4.98 Å². The van der Waals surface area contributed by atoms with Gasteiger partial charge in [0.1, 0.15) is 0 Å². The van der Waals surface area contributed by atoms with Crippen molar-refractivity contribution in [2.24, 2.45) is 0 Å². The number of aromatic nitrogens is 1. The molecule has 0 aliphatic heterocycles. The Hall–Kier alpha value is -2.15. The van der Waals surface area contributed by atoms with Crippen molar-refractivity contribution in [2.75, 3.05) is 0 Å². The van der Waals surface area contributed by atoms with E-state index in [9.17, 15) is 0 Å². The van der Waals surface area contributed by atoms with Crippen molar-refractivity contribution in [3.63, 3.8) is 0 Å². The van der Waals surface area contributed by atoms with Crippen LogP contribution in [0, 0.1) is 6.92 Å².